The van der Waals surface area contributed by atoms with Crippen molar-refractivity contribution in [1.82, 2.24) is 10.6 Å². The van der Waals surface area contributed by atoms with Crippen molar-refractivity contribution in [3.8, 4) is 0 Å². The van der Waals surface area contributed by atoms with Gasteiger partial charge in [0.15, 0.2) is 0 Å². The lowest BCUT2D eigenvalue weighted by atomic mass is 10.1. The highest BCUT2D eigenvalue weighted by Crippen LogP contribution is 2.10. The molecular weight excluding hydrogens is 316 g/mol. The third kappa shape index (κ3) is 9.17. The topological polar surface area (TPSA) is 24.1 Å². The molecular formula is C24H36N2. The summed E-state index contributed by atoms with van der Waals surface area (Å²) in [5, 5.41) is 7.41. The fourth-order valence-corrected chi connectivity index (χ4v) is 3.26. The molecule has 0 aromatic heterocycles. The molecule has 2 aromatic rings. The van der Waals surface area contributed by atoms with Crippen LogP contribution in [-0.4, -0.2) is 6.17 Å². The Kier molecular flexibility index (Phi) is 10.8. The Morgan fingerprint density at radius 3 is 1.58 bits per heavy atom. The fraction of sp³-hybridized carbons (Fsp3) is 0.500. The Balaban J connectivity index is 1.72. The van der Waals surface area contributed by atoms with Gasteiger partial charge in [-0.2, -0.15) is 0 Å². The minimum absolute atomic E-state index is 0.367. The number of hydrogen-bond acceptors (Lipinski definition) is 2. The van der Waals surface area contributed by atoms with Crippen molar-refractivity contribution in [3.63, 3.8) is 0 Å². The van der Waals surface area contributed by atoms with Gasteiger partial charge in [0.2, 0.25) is 0 Å². The molecule has 0 bridgehead atoms. The summed E-state index contributed by atoms with van der Waals surface area (Å²) >= 11 is 0. The van der Waals surface area contributed by atoms with Crippen LogP contribution in [0.3, 0.4) is 0 Å². The molecule has 0 spiro atoms. The summed E-state index contributed by atoms with van der Waals surface area (Å²) in [6, 6.07) is 21.4. The summed E-state index contributed by atoms with van der Waals surface area (Å²) in [4.78, 5) is 0. The second-order valence-electron chi connectivity index (χ2n) is 7.20. The van der Waals surface area contributed by atoms with E-state index >= 15 is 0 Å². The maximum absolute atomic E-state index is 3.71. The lowest BCUT2D eigenvalue weighted by Gasteiger charge is -2.21. The van der Waals surface area contributed by atoms with Gasteiger partial charge in [0.25, 0.3) is 0 Å². The van der Waals surface area contributed by atoms with E-state index in [0.29, 0.717) is 6.17 Å². The minimum Gasteiger partial charge on any atom is -0.298 e. The Bertz CT molecular complexity index is 509. The number of unbranched alkanes of at least 4 members (excludes halogenated alkanes) is 6. The summed E-state index contributed by atoms with van der Waals surface area (Å²) in [5.41, 5.74) is 2.69. The molecule has 2 aromatic carbocycles. The second kappa shape index (κ2) is 13.5. The number of nitrogens with one attached hydrogen (secondary N) is 2. The molecule has 0 atom stereocenters. The van der Waals surface area contributed by atoms with Crippen LogP contribution in [0.5, 0.6) is 0 Å². The summed E-state index contributed by atoms with van der Waals surface area (Å²) in [6.45, 7) is 4.12. The maximum Gasteiger partial charge on any atom is 0.0576 e. The van der Waals surface area contributed by atoms with E-state index < -0.39 is 0 Å². The van der Waals surface area contributed by atoms with Crippen LogP contribution in [0.15, 0.2) is 60.7 Å². The normalized spacial score (nSPS) is 11.2. The van der Waals surface area contributed by atoms with Gasteiger partial charge in [0.05, 0.1) is 6.17 Å². The van der Waals surface area contributed by atoms with Gasteiger partial charge in [0.1, 0.15) is 0 Å². The second-order valence-corrected chi connectivity index (χ2v) is 7.20. The minimum atomic E-state index is 0.367. The molecule has 2 N–H and O–H groups in total. The van der Waals surface area contributed by atoms with Crippen molar-refractivity contribution in [1.29, 1.82) is 0 Å². The zero-order valence-electron chi connectivity index (χ0n) is 16.4. The molecule has 0 aliphatic rings. The first-order chi connectivity index (χ1) is 12.9. The molecule has 0 aliphatic heterocycles. The van der Waals surface area contributed by atoms with Crippen molar-refractivity contribution >= 4 is 0 Å². The largest absolute Gasteiger partial charge is 0.298 e. The van der Waals surface area contributed by atoms with E-state index in [2.05, 4.69) is 78.2 Å². The molecule has 0 amide bonds. The lowest BCUT2D eigenvalue weighted by Crippen LogP contribution is -2.41. The number of benzene rings is 2. The highest BCUT2D eigenvalue weighted by Gasteiger charge is 2.07. The van der Waals surface area contributed by atoms with Crippen LogP contribution >= 0.6 is 0 Å². The van der Waals surface area contributed by atoms with Crippen molar-refractivity contribution in [2.75, 3.05) is 0 Å². The first kappa shape index (κ1) is 20.7. The smallest absolute Gasteiger partial charge is 0.0576 e. The van der Waals surface area contributed by atoms with Crippen molar-refractivity contribution < 1.29 is 0 Å². The highest BCUT2D eigenvalue weighted by atomic mass is 15.1. The van der Waals surface area contributed by atoms with E-state index in [1.807, 2.05) is 0 Å². The van der Waals surface area contributed by atoms with Crippen LogP contribution < -0.4 is 10.6 Å². The van der Waals surface area contributed by atoms with Crippen LogP contribution in [0.2, 0.25) is 0 Å². The van der Waals surface area contributed by atoms with Crippen LogP contribution in [0.25, 0.3) is 0 Å². The summed E-state index contributed by atoms with van der Waals surface area (Å²) in [5.74, 6) is 0. The molecule has 0 saturated heterocycles. The Morgan fingerprint density at radius 1 is 0.615 bits per heavy atom. The Morgan fingerprint density at radius 2 is 1.08 bits per heavy atom. The SMILES string of the molecule is CCCCCCCCCC(NCc1ccccc1)NCc1ccccc1. The summed E-state index contributed by atoms with van der Waals surface area (Å²) in [6.07, 6.45) is 11.1. The van der Waals surface area contributed by atoms with Gasteiger partial charge >= 0.3 is 0 Å². The highest BCUT2D eigenvalue weighted by molar-refractivity contribution is 5.15. The van der Waals surface area contributed by atoms with E-state index in [1.165, 1.54) is 62.5 Å². The standard InChI is InChI=1S/C24H36N2/c1-2-3-4-5-6-7-14-19-24(25-20-22-15-10-8-11-16-22)26-21-23-17-12-9-13-18-23/h8-13,15-18,24-26H,2-7,14,19-21H2,1H3. The molecule has 2 rings (SSSR count). The third-order valence-corrected chi connectivity index (χ3v) is 4.89. The number of rotatable bonds is 14. The van der Waals surface area contributed by atoms with Gasteiger partial charge in [-0.15, -0.1) is 0 Å². The molecule has 142 valence electrons. The molecule has 0 aliphatic carbocycles. The lowest BCUT2D eigenvalue weighted by molar-refractivity contribution is 0.381. The molecule has 2 nitrogen and oxygen atoms in total. The van der Waals surface area contributed by atoms with Crippen LogP contribution in [0, 0.1) is 0 Å². The van der Waals surface area contributed by atoms with Crippen molar-refractivity contribution in [2.24, 2.45) is 0 Å². The fourth-order valence-electron chi connectivity index (χ4n) is 3.26. The number of hydrogen-bond donors (Lipinski definition) is 2. The molecule has 0 radical (unpaired) electrons. The van der Waals surface area contributed by atoms with Crippen molar-refractivity contribution in [2.45, 2.75) is 77.5 Å². The predicted molar refractivity (Wildman–Crippen MR) is 113 cm³/mol. The average molecular weight is 353 g/mol. The van der Waals surface area contributed by atoms with Crippen molar-refractivity contribution in [3.05, 3.63) is 71.8 Å². The summed E-state index contributed by atoms with van der Waals surface area (Å²) < 4.78 is 0. The van der Waals surface area contributed by atoms with Crippen LogP contribution in [0.1, 0.15) is 69.4 Å². The maximum atomic E-state index is 3.71. The van der Waals surface area contributed by atoms with Gasteiger partial charge in [-0.3, -0.25) is 10.6 Å². The van der Waals surface area contributed by atoms with E-state index in [9.17, 15) is 0 Å². The molecule has 0 heterocycles. The molecule has 0 saturated carbocycles. The molecule has 0 fully saturated rings. The van der Waals surface area contributed by atoms with E-state index in [4.69, 9.17) is 0 Å². The monoisotopic (exact) mass is 352 g/mol. The molecule has 0 unspecified atom stereocenters. The average Bonchev–Trinajstić information content (AvgIpc) is 2.70. The van der Waals surface area contributed by atoms with E-state index in [0.717, 1.165) is 13.1 Å². The predicted octanol–water partition coefficient (Wildman–Crippen LogP) is 6.03. The first-order valence-corrected chi connectivity index (χ1v) is 10.4. The Hall–Kier alpha value is -1.64. The zero-order valence-corrected chi connectivity index (χ0v) is 16.4. The van der Waals surface area contributed by atoms with Gasteiger partial charge in [-0.05, 0) is 17.5 Å². The zero-order chi connectivity index (χ0) is 18.3. The quantitative estimate of drug-likeness (QED) is 0.320. The summed E-state index contributed by atoms with van der Waals surface area (Å²) in [7, 11) is 0. The van der Waals surface area contributed by atoms with Gasteiger partial charge in [-0.1, -0.05) is 113 Å². The van der Waals surface area contributed by atoms with Gasteiger partial charge in [0, 0.05) is 13.1 Å². The van der Waals surface area contributed by atoms with Crippen LogP contribution in [-0.2, 0) is 13.1 Å². The first-order valence-electron chi connectivity index (χ1n) is 10.4. The van der Waals surface area contributed by atoms with Gasteiger partial charge < -0.3 is 0 Å². The third-order valence-electron chi connectivity index (χ3n) is 4.89. The molecule has 26 heavy (non-hydrogen) atoms. The van der Waals surface area contributed by atoms with Crippen LogP contribution in [0.4, 0.5) is 0 Å². The molecule has 2 heteroatoms. The van der Waals surface area contributed by atoms with E-state index in [-0.39, 0.29) is 0 Å². The van der Waals surface area contributed by atoms with Gasteiger partial charge in [-0.25, -0.2) is 0 Å². The van der Waals surface area contributed by atoms with E-state index in [1.54, 1.807) is 0 Å². The Labute approximate surface area is 160 Å².